The van der Waals surface area contributed by atoms with Crippen molar-refractivity contribution in [2.45, 2.75) is 51.2 Å². The second-order valence-corrected chi connectivity index (χ2v) is 6.65. The lowest BCUT2D eigenvalue weighted by Crippen LogP contribution is -2.48. The van der Waals surface area contributed by atoms with Crippen molar-refractivity contribution in [3.05, 3.63) is 0 Å². The first-order chi connectivity index (χ1) is 8.64. The largest absolute Gasteiger partial charge is 0.356 e. The highest BCUT2D eigenvalue weighted by molar-refractivity contribution is 7.99. The molecule has 1 heterocycles. The zero-order valence-corrected chi connectivity index (χ0v) is 12.9. The highest BCUT2D eigenvalue weighted by atomic mass is 32.2. The fourth-order valence-electron chi connectivity index (χ4n) is 2.67. The maximum atomic E-state index is 12.4. The first-order valence-corrected chi connectivity index (χ1v) is 8.45. The monoisotopic (exact) mass is 272 g/mol. The molecule has 0 spiro atoms. The van der Waals surface area contributed by atoms with Crippen molar-refractivity contribution < 1.29 is 4.79 Å². The standard InChI is InChI=1S/C14H28N2OS/c1-4-6-14(7-10-15-11-8-14)13(17)16-9-5-12(2)18-3/h12,15H,4-11H2,1-3H3,(H,16,17). The van der Waals surface area contributed by atoms with E-state index in [2.05, 4.69) is 30.7 Å². The number of hydrogen-bond acceptors (Lipinski definition) is 3. The molecule has 1 aliphatic heterocycles. The molecule has 0 radical (unpaired) electrons. The molecule has 1 saturated heterocycles. The van der Waals surface area contributed by atoms with Gasteiger partial charge in [-0.15, -0.1) is 0 Å². The van der Waals surface area contributed by atoms with Gasteiger partial charge in [0.25, 0.3) is 0 Å². The van der Waals surface area contributed by atoms with Crippen LogP contribution in [-0.2, 0) is 4.79 Å². The Kier molecular flexibility index (Phi) is 7.08. The van der Waals surface area contributed by atoms with E-state index < -0.39 is 0 Å². The molecule has 1 aliphatic rings. The maximum absolute atomic E-state index is 12.4. The summed E-state index contributed by atoms with van der Waals surface area (Å²) in [5.41, 5.74) is -0.0946. The minimum absolute atomic E-state index is 0.0946. The number of thioether (sulfide) groups is 1. The Hall–Kier alpha value is -0.220. The minimum atomic E-state index is -0.0946. The summed E-state index contributed by atoms with van der Waals surface area (Å²) < 4.78 is 0. The van der Waals surface area contributed by atoms with Crippen molar-refractivity contribution in [1.82, 2.24) is 10.6 Å². The molecule has 0 aliphatic carbocycles. The van der Waals surface area contributed by atoms with Gasteiger partial charge in [-0.3, -0.25) is 4.79 Å². The average Bonchev–Trinajstić information content (AvgIpc) is 2.39. The van der Waals surface area contributed by atoms with E-state index in [4.69, 9.17) is 0 Å². The van der Waals surface area contributed by atoms with Gasteiger partial charge in [-0.05, 0) is 45.0 Å². The fourth-order valence-corrected chi connectivity index (χ4v) is 3.02. The topological polar surface area (TPSA) is 41.1 Å². The van der Waals surface area contributed by atoms with Crippen molar-refractivity contribution in [2.75, 3.05) is 25.9 Å². The van der Waals surface area contributed by atoms with Gasteiger partial charge in [-0.25, -0.2) is 0 Å². The summed E-state index contributed by atoms with van der Waals surface area (Å²) in [4.78, 5) is 12.4. The van der Waals surface area contributed by atoms with Crippen molar-refractivity contribution in [1.29, 1.82) is 0 Å². The van der Waals surface area contributed by atoms with Crippen LogP contribution in [0.3, 0.4) is 0 Å². The molecule has 0 aromatic rings. The molecule has 1 amide bonds. The number of nitrogens with one attached hydrogen (secondary N) is 2. The molecule has 1 unspecified atom stereocenters. The van der Waals surface area contributed by atoms with Crippen LogP contribution in [0.2, 0.25) is 0 Å². The van der Waals surface area contributed by atoms with Crippen LogP contribution in [0.25, 0.3) is 0 Å². The summed E-state index contributed by atoms with van der Waals surface area (Å²) in [6.45, 7) is 7.17. The van der Waals surface area contributed by atoms with E-state index in [0.717, 1.165) is 51.7 Å². The Balaban J connectivity index is 2.44. The third kappa shape index (κ3) is 4.47. The molecule has 1 atom stereocenters. The molecule has 0 bridgehead atoms. The molecule has 0 saturated carbocycles. The molecule has 0 aromatic heterocycles. The Labute approximate surface area is 116 Å². The van der Waals surface area contributed by atoms with Gasteiger partial charge in [0, 0.05) is 11.8 Å². The molecule has 1 fully saturated rings. The number of carbonyl (C=O) groups is 1. The van der Waals surface area contributed by atoms with Crippen LogP contribution < -0.4 is 10.6 Å². The fraction of sp³-hybridized carbons (Fsp3) is 0.929. The van der Waals surface area contributed by atoms with Crippen LogP contribution in [0.1, 0.15) is 46.0 Å². The normalized spacial score (nSPS) is 20.4. The zero-order valence-electron chi connectivity index (χ0n) is 12.1. The zero-order chi connectivity index (χ0) is 13.4. The van der Waals surface area contributed by atoms with Gasteiger partial charge in [0.15, 0.2) is 0 Å². The van der Waals surface area contributed by atoms with E-state index in [1.165, 1.54) is 0 Å². The number of amides is 1. The maximum Gasteiger partial charge on any atom is 0.226 e. The second-order valence-electron chi connectivity index (χ2n) is 5.37. The van der Waals surface area contributed by atoms with Crippen LogP contribution in [0, 0.1) is 5.41 Å². The lowest BCUT2D eigenvalue weighted by Gasteiger charge is -2.36. The van der Waals surface area contributed by atoms with E-state index in [0.29, 0.717) is 11.2 Å². The molecule has 2 N–H and O–H groups in total. The van der Waals surface area contributed by atoms with E-state index in [1.54, 1.807) is 0 Å². The Bertz CT molecular complexity index is 247. The molecular weight excluding hydrogens is 244 g/mol. The first kappa shape index (κ1) is 15.8. The molecule has 18 heavy (non-hydrogen) atoms. The van der Waals surface area contributed by atoms with Crippen molar-refractivity contribution >= 4 is 17.7 Å². The molecule has 4 heteroatoms. The predicted molar refractivity (Wildman–Crippen MR) is 80.0 cm³/mol. The number of piperidine rings is 1. The van der Waals surface area contributed by atoms with Gasteiger partial charge in [-0.1, -0.05) is 20.3 Å². The molecule has 1 rings (SSSR count). The summed E-state index contributed by atoms with van der Waals surface area (Å²) in [5, 5.41) is 7.14. The van der Waals surface area contributed by atoms with Gasteiger partial charge < -0.3 is 10.6 Å². The van der Waals surface area contributed by atoms with Crippen molar-refractivity contribution in [2.24, 2.45) is 5.41 Å². The Morgan fingerprint density at radius 1 is 1.44 bits per heavy atom. The summed E-state index contributed by atoms with van der Waals surface area (Å²) >= 11 is 1.86. The predicted octanol–water partition coefficient (Wildman–Crippen LogP) is 2.41. The van der Waals surface area contributed by atoms with Crippen LogP contribution in [0.4, 0.5) is 0 Å². The molecule has 0 aromatic carbocycles. The highest BCUT2D eigenvalue weighted by Gasteiger charge is 2.38. The molecule has 106 valence electrons. The Morgan fingerprint density at radius 2 is 2.11 bits per heavy atom. The SMILES string of the molecule is CCCC1(C(=O)NCCC(C)SC)CCNCC1. The number of rotatable bonds is 7. The van der Waals surface area contributed by atoms with Gasteiger partial charge >= 0.3 is 0 Å². The van der Waals surface area contributed by atoms with E-state index >= 15 is 0 Å². The molecule has 3 nitrogen and oxygen atoms in total. The van der Waals surface area contributed by atoms with Crippen LogP contribution in [0.15, 0.2) is 0 Å². The lowest BCUT2D eigenvalue weighted by molar-refractivity contribution is -0.133. The molecular formula is C14H28N2OS. The van der Waals surface area contributed by atoms with E-state index in [-0.39, 0.29) is 5.41 Å². The third-order valence-corrected chi connectivity index (χ3v) is 5.05. The summed E-state index contributed by atoms with van der Waals surface area (Å²) in [6, 6.07) is 0. The third-order valence-electron chi connectivity index (χ3n) is 4.01. The average molecular weight is 272 g/mol. The minimum Gasteiger partial charge on any atom is -0.356 e. The van der Waals surface area contributed by atoms with E-state index in [9.17, 15) is 4.79 Å². The summed E-state index contributed by atoms with van der Waals surface area (Å²) in [5.74, 6) is 0.291. The quantitative estimate of drug-likeness (QED) is 0.748. The lowest BCUT2D eigenvalue weighted by atomic mass is 9.74. The van der Waals surface area contributed by atoms with E-state index in [1.807, 2.05) is 11.8 Å². The van der Waals surface area contributed by atoms with Crippen LogP contribution in [0.5, 0.6) is 0 Å². The number of hydrogen-bond donors (Lipinski definition) is 2. The van der Waals surface area contributed by atoms with Crippen molar-refractivity contribution in [3.8, 4) is 0 Å². The van der Waals surface area contributed by atoms with Crippen LogP contribution >= 0.6 is 11.8 Å². The smallest absolute Gasteiger partial charge is 0.226 e. The Morgan fingerprint density at radius 3 is 2.67 bits per heavy atom. The van der Waals surface area contributed by atoms with Gasteiger partial charge in [0.05, 0.1) is 5.41 Å². The summed E-state index contributed by atoms with van der Waals surface area (Å²) in [6.07, 6.45) is 7.29. The highest BCUT2D eigenvalue weighted by Crippen LogP contribution is 2.34. The second kappa shape index (κ2) is 8.05. The van der Waals surface area contributed by atoms with Gasteiger partial charge in [0.2, 0.25) is 5.91 Å². The first-order valence-electron chi connectivity index (χ1n) is 7.16. The van der Waals surface area contributed by atoms with Gasteiger partial charge in [0.1, 0.15) is 0 Å². The number of carbonyl (C=O) groups excluding carboxylic acids is 1. The van der Waals surface area contributed by atoms with Crippen molar-refractivity contribution in [3.63, 3.8) is 0 Å². The van der Waals surface area contributed by atoms with Gasteiger partial charge in [-0.2, -0.15) is 11.8 Å². The summed E-state index contributed by atoms with van der Waals surface area (Å²) in [7, 11) is 0. The van der Waals surface area contributed by atoms with Crippen LogP contribution in [-0.4, -0.2) is 37.0 Å².